The first-order chi connectivity index (χ1) is 12.0. The SMILES string of the molecule is CC(C)(C)OC(=O)Nc1cc(C(=O)OC(=O)c2cc(N)c(Br)s2)sc1Br. The molecule has 2 rings (SSSR count). The maximum absolute atomic E-state index is 12.2. The van der Waals surface area contributed by atoms with Gasteiger partial charge in [-0.1, -0.05) is 0 Å². The predicted molar refractivity (Wildman–Crippen MR) is 108 cm³/mol. The Morgan fingerprint density at radius 2 is 1.58 bits per heavy atom. The number of nitrogen functional groups attached to an aromatic ring is 1. The van der Waals surface area contributed by atoms with E-state index in [1.807, 2.05) is 0 Å². The maximum atomic E-state index is 12.2. The first kappa shape index (κ1) is 20.9. The van der Waals surface area contributed by atoms with Crippen LogP contribution in [-0.2, 0) is 9.47 Å². The van der Waals surface area contributed by atoms with Gasteiger partial charge >= 0.3 is 18.0 Å². The standard InChI is InChI=1S/C15H14Br2N2O5S2/c1-15(2,3)24-14(22)19-7-5-9(26-11(7)17)13(21)23-12(20)8-4-6(18)10(16)25-8/h4-5H,18H2,1-3H3,(H,19,22). The van der Waals surface area contributed by atoms with Gasteiger partial charge in [-0.15, -0.1) is 22.7 Å². The van der Waals surface area contributed by atoms with Crippen molar-refractivity contribution in [2.45, 2.75) is 26.4 Å². The van der Waals surface area contributed by atoms with E-state index < -0.39 is 23.6 Å². The minimum Gasteiger partial charge on any atom is -0.444 e. The molecule has 0 aliphatic carbocycles. The molecule has 7 nitrogen and oxygen atoms in total. The zero-order valence-electron chi connectivity index (χ0n) is 13.8. The molecule has 2 aromatic rings. The second-order valence-corrected chi connectivity index (χ2v) is 10.7. The van der Waals surface area contributed by atoms with Crippen LogP contribution in [0.25, 0.3) is 0 Å². The van der Waals surface area contributed by atoms with E-state index >= 15 is 0 Å². The summed E-state index contributed by atoms with van der Waals surface area (Å²) in [7, 11) is 0. The quantitative estimate of drug-likeness (QED) is 0.418. The lowest BCUT2D eigenvalue weighted by atomic mass is 10.2. The van der Waals surface area contributed by atoms with Gasteiger partial charge in [0.05, 0.1) is 18.9 Å². The summed E-state index contributed by atoms with van der Waals surface area (Å²) in [5.41, 5.74) is 5.72. The second kappa shape index (κ2) is 8.07. The third-order valence-corrected chi connectivity index (χ3v) is 6.30. The summed E-state index contributed by atoms with van der Waals surface area (Å²) in [5.74, 6) is -1.63. The molecule has 0 bridgehead atoms. The highest BCUT2D eigenvalue weighted by Gasteiger charge is 2.23. The molecule has 140 valence electrons. The molecule has 26 heavy (non-hydrogen) atoms. The van der Waals surface area contributed by atoms with Crippen molar-refractivity contribution in [3.8, 4) is 0 Å². The van der Waals surface area contributed by atoms with Gasteiger partial charge in [-0.3, -0.25) is 5.32 Å². The summed E-state index contributed by atoms with van der Waals surface area (Å²) in [6.07, 6.45) is -0.661. The smallest absolute Gasteiger partial charge is 0.412 e. The Morgan fingerprint density at radius 3 is 2.08 bits per heavy atom. The van der Waals surface area contributed by atoms with Gasteiger partial charge in [-0.2, -0.15) is 0 Å². The Kier molecular flexibility index (Phi) is 6.48. The first-order valence-corrected chi connectivity index (χ1v) is 10.3. The van der Waals surface area contributed by atoms with Gasteiger partial charge in [0.15, 0.2) is 0 Å². The molecule has 0 aromatic carbocycles. The first-order valence-electron chi connectivity index (χ1n) is 7.07. The third kappa shape index (κ3) is 5.53. The van der Waals surface area contributed by atoms with E-state index in [0.717, 1.165) is 22.7 Å². The number of halogens is 2. The van der Waals surface area contributed by atoms with Gasteiger partial charge in [0.1, 0.15) is 15.4 Å². The number of hydrogen-bond acceptors (Lipinski definition) is 8. The van der Waals surface area contributed by atoms with Crippen LogP contribution in [0.3, 0.4) is 0 Å². The molecule has 2 aromatic heterocycles. The number of esters is 2. The van der Waals surface area contributed by atoms with Crippen molar-refractivity contribution in [1.29, 1.82) is 0 Å². The molecule has 0 unspecified atom stereocenters. The van der Waals surface area contributed by atoms with Crippen molar-refractivity contribution in [1.82, 2.24) is 0 Å². The predicted octanol–water partition coefficient (Wildman–Crippen LogP) is 5.26. The number of rotatable bonds is 3. The number of carbonyl (C=O) groups excluding carboxylic acids is 3. The van der Waals surface area contributed by atoms with Crippen LogP contribution in [0.2, 0.25) is 0 Å². The monoisotopic (exact) mass is 524 g/mol. The summed E-state index contributed by atoms with van der Waals surface area (Å²) >= 11 is 8.53. The van der Waals surface area contributed by atoms with Crippen LogP contribution in [0.15, 0.2) is 19.7 Å². The zero-order valence-corrected chi connectivity index (χ0v) is 18.7. The summed E-state index contributed by atoms with van der Waals surface area (Å²) in [6.45, 7) is 5.21. The van der Waals surface area contributed by atoms with Crippen LogP contribution in [0, 0.1) is 0 Å². The second-order valence-electron chi connectivity index (χ2n) is 5.94. The van der Waals surface area contributed by atoms with E-state index in [9.17, 15) is 14.4 Å². The summed E-state index contributed by atoms with van der Waals surface area (Å²) < 4.78 is 11.1. The molecule has 11 heteroatoms. The molecule has 0 aliphatic rings. The molecule has 0 fully saturated rings. The van der Waals surface area contributed by atoms with Crippen LogP contribution >= 0.6 is 54.5 Å². The van der Waals surface area contributed by atoms with E-state index in [1.165, 1.54) is 12.1 Å². The Hall–Kier alpha value is -1.43. The number of amides is 1. The van der Waals surface area contributed by atoms with Crippen LogP contribution in [0.5, 0.6) is 0 Å². The highest BCUT2D eigenvalue weighted by molar-refractivity contribution is 9.11. The fourth-order valence-electron chi connectivity index (χ4n) is 1.64. The van der Waals surface area contributed by atoms with E-state index in [0.29, 0.717) is 18.9 Å². The van der Waals surface area contributed by atoms with Crippen molar-refractivity contribution >= 4 is 83.9 Å². The van der Waals surface area contributed by atoms with Crippen molar-refractivity contribution in [3.63, 3.8) is 0 Å². The van der Waals surface area contributed by atoms with Crippen LogP contribution in [0.4, 0.5) is 16.2 Å². The van der Waals surface area contributed by atoms with Crippen molar-refractivity contribution < 1.29 is 23.9 Å². The lowest BCUT2D eigenvalue weighted by Crippen LogP contribution is -2.27. The van der Waals surface area contributed by atoms with Crippen molar-refractivity contribution in [2.24, 2.45) is 0 Å². The molecule has 0 saturated heterocycles. The average molecular weight is 526 g/mol. The summed E-state index contributed by atoms with van der Waals surface area (Å²) in [6, 6.07) is 2.82. The van der Waals surface area contributed by atoms with Gasteiger partial charge in [-0.05, 0) is 64.8 Å². The number of ether oxygens (including phenoxy) is 2. The maximum Gasteiger partial charge on any atom is 0.412 e. The molecular formula is C15H14Br2N2O5S2. The van der Waals surface area contributed by atoms with Crippen LogP contribution in [0.1, 0.15) is 40.1 Å². The van der Waals surface area contributed by atoms with E-state index in [-0.39, 0.29) is 9.75 Å². The fourth-order valence-corrected chi connectivity index (χ4v) is 4.41. The Labute approximate surface area is 174 Å². The van der Waals surface area contributed by atoms with Gasteiger partial charge in [0.2, 0.25) is 0 Å². The normalized spacial score (nSPS) is 11.1. The number of hydrogen-bond donors (Lipinski definition) is 2. The minimum absolute atomic E-state index is 0.139. The van der Waals surface area contributed by atoms with Crippen LogP contribution in [-0.4, -0.2) is 23.6 Å². The topological polar surface area (TPSA) is 108 Å². The van der Waals surface area contributed by atoms with Crippen molar-refractivity contribution in [3.05, 3.63) is 29.5 Å². The van der Waals surface area contributed by atoms with E-state index in [1.54, 1.807) is 20.8 Å². The number of nitrogens with two attached hydrogens (primary N) is 1. The molecule has 1 amide bonds. The molecule has 0 saturated carbocycles. The fraction of sp³-hybridized carbons (Fsp3) is 0.267. The molecule has 0 radical (unpaired) electrons. The lowest BCUT2D eigenvalue weighted by Gasteiger charge is -2.19. The van der Waals surface area contributed by atoms with Gasteiger partial charge in [0, 0.05) is 0 Å². The Balaban J connectivity index is 2.06. The summed E-state index contributed by atoms with van der Waals surface area (Å²) in [5, 5.41) is 2.53. The van der Waals surface area contributed by atoms with E-state index in [2.05, 4.69) is 37.2 Å². The zero-order chi connectivity index (χ0) is 19.6. The van der Waals surface area contributed by atoms with Crippen LogP contribution < -0.4 is 11.1 Å². The highest BCUT2D eigenvalue weighted by atomic mass is 79.9. The van der Waals surface area contributed by atoms with E-state index in [4.69, 9.17) is 15.2 Å². The molecule has 3 N–H and O–H groups in total. The molecule has 0 atom stereocenters. The number of nitrogens with one attached hydrogen (secondary N) is 1. The number of anilines is 2. The summed E-state index contributed by atoms with van der Waals surface area (Å²) in [4.78, 5) is 36.3. The van der Waals surface area contributed by atoms with Gasteiger partial charge in [0.25, 0.3) is 0 Å². The number of carbonyl (C=O) groups is 3. The largest absolute Gasteiger partial charge is 0.444 e. The molecule has 0 spiro atoms. The Bertz CT molecular complexity index is 851. The number of thiophene rings is 2. The highest BCUT2D eigenvalue weighted by Crippen LogP contribution is 2.34. The van der Waals surface area contributed by atoms with Gasteiger partial charge < -0.3 is 15.2 Å². The molecular weight excluding hydrogens is 512 g/mol. The Morgan fingerprint density at radius 1 is 1.04 bits per heavy atom. The van der Waals surface area contributed by atoms with Crippen molar-refractivity contribution in [2.75, 3.05) is 11.1 Å². The third-order valence-electron chi connectivity index (χ3n) is 2.62. The lowest BCUT2D eigenvalue weighted by molar-refractivity contribution is 0.0403. The molecule has 2 heterocycles. The van der Waals surface area contributed by atoms with Gasteiger partial charge in [-0.25, -0.2) is 14.4 Å². The molecule has 0 aliphatic heterocycles. The average Bonchev–Trinajstić information content (AvgIpc) is 3.01. The minimum atomic E-state index is -0.832.